The smallest absolute Gasteiger partial charge is 0.221 e. The second-order valence-corrected chi connectivity index (χ2v) is 8.21. The van der Waals surface area contributed by atoms with E-state index in [9.17, 15) is 4.79 Å². The Morgan fingerprint density at radius 2 is 1.79 bits per heavy atom. The first-order chi connectivity index (χ1) is 16.1. The van der Waals surface area contributed by atoms with Crippen molar-refractivity contribution in [3.63, 3.8) is 0 Å². The summed E-state index contributed by atoms with van der Waals surface area (Å²) in [6.07, 6.45) is 3.78. The molecule has 2 aromatic heterocycles. The second-order valence-electron chi connectivity index (χ2n) is 8.21. The molecular formula is C27H30N4O2. The molecule has 1 amide bonds. The van der Waals surface area contributed by atoms with Crippen molar-refractivity contribution >= 4 is 22.6 Å². The van der Waals surface area contributed by atoms with Gasteiger partial charge in [-0.15, -0.1) is 0 Å². The number of fused-ring (bicyclic) bond motifs is 1. The predicted molar refractivity (Wildman–Crippen MR) is 132 cm³/mol. The predicted octanol–water partition coefficient (Wildman–Crippen LogP) is 5.24. The van der Waals surface area contributed by atoms with Crippen molar-refractivity contribution in [2.24, 2.45) is 0 Å². The SMILES string of the molecule is CC[C@@H](C)NC(=O)CCN(CCc1ccccc1)c1nc(-c2ccco2)nc2ccccc12. The van der Waals surface area contributed by atoms with Gasteiger partial charge in [0, 0.05) is 30.9 Å². The molecule has 170 valence electrons. The molecule has 0 unspecified atom stereocenters. The Balaban J connectivity index is 1.66. The highest BCUT2D eigenvalue weighted by Crippen LogP contribution is 2.28. The van der Waals surface area contributed by atoms with E-state index in [1.165, 1.54) is 5.56 Å². The van der Waals surface area contributed by atoms with Gasteiger partial charge in [0.15, 0.2) is 11.6 Å². The molecule has 0 bridgehead atoms. The standard InChI is InChI=1S/C27H30N4O2/c1-3-20(2)28-25(32)16-18-31(17-15-21-10-5-4-6-11-21)27-22-12-7-8-13-23(22)29-26(30-27)24-14-9-19-33-24/h4-14,19-20H,3,15-18H2,1-2H3,(H,28,32)/t20-/m1/s1. The molecule has 0 fully saturated rings. The fraction of sp³-hybridized carbons (Fsp3) is 0.296. The largest absolute Gasteiger partial charge is 0.461 e. The monoisotopic (exact) mass is 442 g/mol. The van der Waals surface area contributed by atoms with E-state index >= 15 is 0 Å². The van der Waals surface area contributed by atoms with Crippen molar-refractivity contribution in [2.75, 3.05) is 18.0 Å². The van der Waals surface area contributed by atoms with Crippen molar-refractivity contribution in [3.05, 3.63) is 78.6 Å². The summed E-state index contributed by atoms with van der Waals surface area (Å²) in [5.74, 6) is 2.04. The Morgan fingerprint density at radius 3 is 2.55 bits per heavy atom. The maximum absolute atomic E-state index is 12.6. The molecule has 2 heterocycles. The summed E-state index contributed by atoms with van der Waals surface area (Å²) in [6, 6.07) is 22.2. The Labute approximate surface area is 194 Å². The molecule has 6 nitrogen and oxygen atoms in total. The van der Waals surface area contributed by atoms with E-state index in [2.05, 4.69) is 29.3 Å². The Morgan fingerprint density at radius 1 is 1.00 bits per heavy atom. The summed E-state index contributed by atoms with van der Waals surface area (Å²) in [7, 11) is 0. The van der Waals surface area contributed by atoms with Crippen molar-refractivity contribution in [1.82, 2.24) is 15.3 Å². The van der Waals surface area contributed by atoms with Crippen LogP contribution in [0.1, 0.15) is 32.3 Å². The number of aromatic nitrogens is 2. The highest BCUT2D eigenvalue weighted by Gasteiger charge is 2.18. The number of nitrogens with one attached hydrogen (secondary N) is 1. The third-order valence-electron chi connectivity index (χ3n) is 5.77. The topological polar surface area (TPSA) is 71.3 Å². The first kappa shape index (κ1) is 22.5. The fourth-order valence-electron chi connectivity index (χ4n) is 3.73. The molecule has 0 saturated carbocycles. The molecule has 6 heteroatoms. The van der Waals surface area contributed by atoms with Gasteiger partial charge in [0.1, 0.15) is 5.82 Å². The van der Waals surface area contributed by atoms with E-state index in [1.807, 2.05) is 61.5 Å². The second kappa shape index (κ2) is 10.8. The molecular weight excluding hydrogens is 412 g/mol. The van der Waals surface area contributed by atoms with Gasteiger partial charge in [-0.05, 0) is 49.6 Å². The number of para-hydroxylation sites is 1. The van der Waals surface area contributed by atoms with E-state index in [0.717, 1.165) is 36.1 Å². The minimum atomic E-state index is 0.0543. The van der Waals surface area contributed by atoms with Crippen LogP contribution in [0.15, 0.2) is 77.4 Å². The first-order valence-corrected chi connectivity index (χ1v) is 11.5. The number of nitrogens with zero attached hydrogens (tertiary/aromatic N) is 3. The quantitative estimate of drug-likeness (QED) is 0.363. The van der Waals surface area contributed by atoms with Crippen molar-refractivity contribution in [1.29, 1.82) is 0 Å². The van der Waals surface area contributed by atoms with Gasteiger partial charge < -0.3 is 14.6 Å². The number of benzene rings is 2. The molecule has 0 aliphatic carbocycles. The van der Waals surface area contributed by atoms with Crippen LogP contribution in [-0.2, 0) is 11.2 Å². The number of anilines is 1. The minimum Gasteiger partial charge on any atom is -0.461 e. The average Bonchev–Trinajstić information content (AvgIpc) is 3.39. The van der Waals surface area contributed by atoms with Gasteiger partial charge in [-0.2, -0.15) is 0 Å². The summed E-state index contributed by atoms with van der Waals surface area (Å²) < 4.78 is 5.58. The van der Waals surface area contributed by atoms with Gasteiger partial charge in [-0.25, -0.2) is 9.97 Å². The lowest BCUT2D eigenvalue weighted by atomic mass is 10.1. The summed E-state index contributed by atoms with van der Waals surface area (Å²) in [4.78, 5) is 24.4. The Bertz CT molecular complexity index is 1180. The Hall–Kier alpha value is -3.67. The zero-order valence-electron chi connectivity index (χ0n) is 19.2. The van der Waals surface area contributed by atoms with Gasteiger partial charge in [0.2, 0.25) is 5.91 Å². The van der Waals surface area contributed by atoms with Gasteiger partial charge in [-0.3, -0.25) is 4.79 Å². The summed E-state index contributed by atoms with van der Waals surface area (Å²) in [5, 5.41) is 4.03. The molecule has 0 aliphatic heterocycles. The van der Waals surface area contributed by atoms with Gasteiger partial charge in [0.25, 0.3) is 0 Å². The zero-order valence-corrected chi connectivity index (χ0v) is 19.2. The van der Waals surface area contributed by atoms with Gasteiger partial charge in [-0.1, -0.05) is 49.4 Å². The molecule has 0 spiro atoms. The molecule has 33 heavy (non-hydrogen) atoms. The number of furan rings is 1. The minimum absolute atomic E-state index is 0.0543. The highest BCUT2D eigenvalue weighted by molar-refractivity contribution is 5.91. The van der Waals surface area contributed by atoms with Crippen molar-refractivity contribution < 1.29 is 9.21 Å². The Kier molecular flexibility index (Phi) is 7.35. The molecule has 4 rings (SSSR count). The van der Waals surface area contributed by atoms with Crippen molar-refractivity contribution in [3.8, 4) is 11.6 Å². The van der Waals surface area contributed by atoms with Gasteiger partial charge >= 0.3 is 0 Å². The lowest BCUT2D eigenvalue weighted by Gasteiger charge is -2.25. The van der Waals surface area contributed by atoms with Crippen LogP contribution >= 0.6 is 0 Å². The lowest BCUT2D eigenvalue weighted by molar-refractivity contribution is -0.121. The number of rotatable bonds is 10. The highest BCUT2D eigenvalue weighted by atomic mass is 16.3. The molecule has 1 N–H and O–H groups in total. The number of amides is 1. The number of hydrogen-bond acceptors (Lipinski definition) is 5. The van der Waals surface area contributed by atoms with Crippen LogP contribution in [0.3, 0.4) is 0 Å². The van der Waals surface area contributed by atoms with E-state index in [1.54, 1.807) is 6.26 Å². The van der Waals surface area contributed by atoms with E-state index < -0.39 is 0 Å². The van der Waals surface area contributed by atoms with E-state index in [4.69, 9.17) is 14.4 Å². The normalized spacial score (nSPS) is 11.9. The van der Waals surface area contributed by atoms with Crippen LogP contribution in [0, 0.1) is 0 Å². The van der Waals surface area contributed by atoms with Crippen LogP contribution in [0.4, 0.5) is 5.82 Å². The summed E-state index contributed by atoms with van der Waals surface area (Å²) >= 11 is 0. The molecule has 2 aromatic carbocycles. The maximum Gasteiger partial charge on any atom is 0.221 e. The molecule has 0 radical (unpaired) electrons. The third-order valence-corrected chi connectivity index (χ3v) is 5.77. The molecule has 4 aromatic rings. The number of carbonyl (C=O) groups excluding carboxylic acids is 1. The number of carbonyl (C=O) groups is 1. The fourth-order valence-corrected chi connectivity index (χ4v) is 3.73. The zero-order chi connectivity index (χ0) is 23.0. The van der Waals surface area contributed by atoms with Crippen LogP contribution in [0.25, 0.3) is 22.5 Å². The van der Waals surface area contributed by atoms with Gasteiger partial charge in [0.05, 0.1) is 11.8 Å². The molecule has 0 saturated heterocycles. The summed E-state index contributed by atoms with van der Waals surface area (Å²) in [6.45, 7) is 5.39. The van der Waals surface area contributed by atoms with E-state index in [-0.39, 0.29) is 11.9 Å². The maximum atomic E-state index is 12.6. The molecule has 1 atom stereocenters. The third kappa shape index (κ3) is 5.77. The summed E-state index contributed by atoms with van der Waals surface area (Å²) in [5.41, 5.74) is 2.10. The number of hydrogen-bond donors (Lipinski definition) is 1. The van der Waals surface area contributed by atoms with Crippen LogP contribution < -0.4 is 10.2 Å². The average molecular weight is 443 g/mol. The molecule has 0 aliphatic rings. The van der Waals surface area contributed by atoms with Crippen LogP contribution in [-0.4, -0.2) is 35.0 Å². The van der Waals surface area contributed by atoms with Crippen LogP contribution in [0.5, 0.6) is 0 Å². The first-order valence-electron chi connectivity index (χ1n) is 11.5. The van der Waals surface area contributed by atoms with Crippen molar-refractivity contribution in [2.45, 2.75) is 39.2 Å². The lowest BCUT2D eigenvalue weighted by Crippen LogP contribution is -2.36. The van der Waals surface area contributed by atoms with E-state index in [0.29, 0.717) is 24.6 Å². The van der Waals surface area contributed by atoms with Crippen LogP contribution in [0.2, 0.25) is 0 Å².